The summed E-state index contributed by atoms with van der Waals surface area (Å²) in [6.45, 7) is 3.47. The van der Waals surface area contributed by atoms with Gasteiger partial charge in [0.2, 0.25) is 15.9 Å². The quantitative estimate of drug-likeness (QED) is 0.820. The maximum Gasteiger partial charge on any atom is 0.241 e. The lowest BCUT2D eigenvalue weighted by Gasteiger charge is -2.37. The number of halogens is 2. The largest absolute Gasteiger partial charge is 0.368 e. The van der Waals surface area contributed by atoms with E-state index in [4.69, 9.17) is 0 Å². The molecule has 6 nitrogen and oxygen atoms in total. The SMILES string of the molecule is C[C@H](NS(=O)(=O)c1ccc(F)cc1)C(=O)N1CCN(c2ccc(F)cc2)CC1. The zero-order chi connectivity index (χ0) is 20.3. The van der Waals surface area contributed by atoms with Crippen molar-refractivity contribution in [2.45, 2.75) is 17.9 Å². The topological polar surface area (TPSA) is 69.7 Å². The number of carbonyl (C=O) groups excluding carboxylic acids is 1. The monoisotopic (exact) mass is 409 g/mol. The zero-order valence-corrected chi connectivity index (χ0v) is 16.1. The minimum atomic E-state index is -3.93. The summed E-state index contributed by atoms with van der Waals surface area (Å²) in [5, 5.41) is 0. The van der Waals surface area contributed by atoms with E-state index in [9.17, 15) is 22.0 Å². The average Bonchev–Trinajstić information content (AvgIpc) is 2.68. The van der Waals surface area contributed by atoms with Crippen LogP contribution in [0.25, 0.3) is 0 Å². The molecule has 0 unspecified atom stereocenters. The first-order valence-electron chi connectivity index (χ1n) is 8.83. The highest BCUT2D eigenvalue weighted by molar-refractivity contribution is 7.89. The predicted octanol–water partition coefficient (Wildman–Crippen LogP) is 1.98. The summed E-state index contributed by atoms with van der Waals surface area (Å²) >= 11 is 0. The van der Waals surface area contributed by atoms with Gasteiger partial charge in [0.1, 0.15) is 11.6 Å². The highest BCUT2D eigenvalue weighted by Gasteiger charge is 2.28. The molecule has 1 aliphatic rings. The molecule has 0 bridgehead atoms. The summed E-state index contributed by atoms with van der Waals surface area (Å²) < 4.78 is 53.1. The lowest BCUT2D eigenvalue weighted by Crippen LogP contribution is -2.54. The molecule has 1 atom stereocenters. The average molecular weight is 409 g/mol. The van der Waals surface area contributed by atoms with Gasteiger partial charge in [0.15, 0.2) is 0 Å². The smallest absolute Gasteiger partial charge is 0.241 e. The Bertz CT molecular complexity index is 926. The molecule has 28 heavy (non-hydrogen) atoms. The number of hydrogen-bond acceptors (Lipinski definition) is 4. The Morgan fingerprint density at radius 2 is 1.43 bits per heavy atom. The first-order valence-corrected chi connectivity index (χ1v) is 10.3. The van der Waals surface area contributed by atoms with Crippen LogP contribution in [0.1, 0.15) is 6.92 Å². The number of benzene rings is 2. The maximum absolute atomic E-state index is 13.0. The number of nitrogens with one attached hydrogen (secondary N) is 1. The number of rotatable bonds is 5. The molecule has 2 aromatic rings. The third-order valence-electron chi connectivity index (χ3n) is 4.61. The highest BCUT2D eigenvalue weighted by Crippen LogP contribution is 2.17. The Morgan fingerprint density at radius 1 is 0.929 bits per heavy atom. The van der Waals surface area contributed by atoms with Gasteiger partial charge < -0.3 is 9.80 Å². The molecule has 0 aliphatic carbocycles. The zero-order valence-electron chi connectivity index (χ0n) is 15.3. The molecule has 1 fully saturated rings. The summed E-state index contributed by atoms with van der Waals surface area (Å²) in [7, 11) is -3.93. The van der Waals surface area contributed by atoms with E-state index in [1.54, 1.807) is 17.0 Å². The lowest BCUT2D eigenvalue weighted by atomic mass is 10.2. The van der Waals surface area contributed by atoms with Crippen LogP contribution in [0.5, 0.6) is 0 Å². The van der Waals surface area contributed by atoms with Crippen molar-refractivity contribution in [1.29, 1.82) is 0 Å². The van der Waals surface area contributed by atoms with E-state index < -0.39 is 21.9 Å². The number of amides is 1. The second-order valence-electron chi connectivity index (χ2n) is 6.59. The Labute approximate surface area is 162 Å². The number of nitrogens with zero attached hydrogens (tertiary/aromatic N) is 2. The predicted molar refractivity (Wildman–Crippen MR) is 101 cm³/mol. The first kappa shape index (κ1) is 20.2. The summed E-state index contributed by atoms with van der Waals surface area (Å²) in [6, 6.07) is 9.60. The van der Waals surface area contributed by atoms with Crippen LogP contribution < -0.4 is 9.62 Å². The molecule has 1 amide bonds. The fourth-order valence-electron chi connectivity index (χ4n) is 3.08. The van der Waals surface area contributed by atoms with Gasteiger partial charge >= 0.3 is 0 Å². The first-order chi connectivity index (χ1) is 13.3. The maximum atomic E-state index is 13.0. The van der Waals surface area contributed by atoms with E-state index in [1.165, 1.54) is 19.1 Å². The molecule has 1 heterocycles. The van der Waals surface area contributed by atoms with Crippen molar-refractivity contribution in [1.82, 2.24) is 9.62 Å². The molecule has 3 rings (SSSR count). The summed E-state index contributed by atoms with van der Waals surface area (Å²) in [5.74, 6) is -1.17. The van der Waals surface area contributed by atoms with Crippen molar-refractivity contribution in [2.24, 2.45) is 0 Å². The lowest BCUT2D eigenvalue weighted by molar-refractivity contribution is -0.132. The second-order valence-corrected chi connectivity index (χ2v) is 8.30. The van der Waals surface area contributed by atoms with Gasteiger partial charge in [-0.2, -0.15) is 4.72 Å². The van der Waals surface area contributed by atoms with Crippen LogP contribution in [-0.2, 0) is 14.8 Å². The van der Waals surface area contributed by atoms with E-state index >= 15 is 0 Å². The van der Waals surface area contributed by atoms with Gasteiger partial charge in [-0.15, -0.1) is 0 Å². The molecule has 0 saturated carbocycles. The molecular weight excluding hydrogens is 388 g/mol. The molecule has 1 N–H and O–H groups in total. The van der Waals surface area contributed by atoms with E-state index in [1.807, 2.05) is 4.90 Å². The van der Waals surface area contributed by atoms with E-state index in [-0.39, 0.29) is 16.6 Å². The Hall–Kier alpha value is -2.52. The van der Waals surface area contributed by atoms with Crippen LogP contribution in [-0.4, -0.2) is 51.4 Å². The number of carbonyl (C=O) groups is 1. The van der Waals surface area contributed by atoms with Crippen LogP contribution in [0.15, 0.2) is 53.4 Å². The number of anilines is 1. The van der Waals surface area contributed by atoms with E-state index in [2.05, 4.69) is 4.72 Å². The van der Waals surface area contributed by atoms with Crippen LogP contribution in [0.3, 0.4) is 0 Å². The van der Waals surface area contributed by atoms with Crippen molar-refractivity contribution >= 4 is 21.6 Å². The molecular formula is C19H21F2N3O3S. The van der Waals surface area contributed by atoms with Gasteiger partial charge in [0, 0.05) is 31.9 Å². The van der Waals surface area contributed by atoms with Crippen molar-refractivity contribution in [3.63, 3.8) is 0 Å². The van der Waals surface area contributed by atoms with Crippen LogP contribution in [0, 0.1) is 11.6 Å². The molecule has 0 aromatic heterocycles. The van der Waals surface area contributed by atoms with Gasteiger partial charge in [0.05, 0.1) is 10.9 Å². The molecule has 1 aliphatic heterocycles. The summed E-state index contributed by atoms with van der Waals surface area (Å²) in [4.78, 5) is 16.2. The van der Waals surface area contributed by atoms with Gasteiger partial charge in [-0.25, -0.2) is 17.2 Å². The molecule has 0 radical (unpaired) electrons. The van der Waals surface area contributed by atoms with Crippen molar-refractivity contribution in [2.75, 3.05) is 31.1 Å². The minimum absolute atomic E-state index is 0.102. The number of piperazine rings is 1. The van der Waals surface area contributed by atoms with Crippen molar-refractivity contribution in [3.8, 4) is 0 Å². The Balaban J connectivity index is 1.58. The number of hydrogen-bond donors (Lipinski definition) is 1. The van der Waals surface area contributed by atoms with Gasteiger partial charge in [-0.05, 0) is 55.5 Å². The third-order valence-corrected chi connectivity index (χ3v) is 6.17. The fourth-order valence-corrected chi connectivity index (χ4v) is 4.27. The third kappa shape index (κ3) is 4.66. The molecule has 150 valence electrons. The van der Waals surface area contributed by atoms with Crippen molar-refractivity contribution in [3.05, 3.63) is 60.2 Å². The summed E-state index contributed by atoms with van der Waals surface area (Å²) in [5.41, 5.74) is 0.874. The van der Waals surface area contributed by atoms with E-state index in [0.29, 0.717) is 26.2 Å². The fraction of sp³-hybridized carbons (Fsp3) is 0.316. The van der Waals surface area contributed by atoms with Gasteiger partial charge in [0.25, 0.3) is 0 Å². The normalized spacial score (nSPS) is 16.1. The highest BCUT2D eigenvalue weighted by atomic mass is 32.2. The standard InChI is InChI=1S/C19H21F2N3O3S/c1-14(22-28(26,27)18-8-4-16(21)5-9-18)19(25)24-12-10-23(11-13-24)17-6-2-15(20)3-7-17/h2-9,14,22H,10-13H2,1H3/t14-/m0/s1. The van der Waals surface area contributed by atoms with Crippen molar-refractivity contribution < 1.29 is 22.0 Å². The van der Waals surface area contributed by atoms with E-state index in [0.717, 1.165) is 30.0 Å². The van der Waals surface area contributed by atoms with Gasteiger partial charge in [-0.1, -0.05) is 0 Å². The molecule has 9 heteroatoms. The molecule has 1 saturated heterocycles. The van der Waals surface area contributed by atoms with Crippen LogP contribution in [0.4, 0.5) is 14.5 Å². The number of sulfonamides is 1. The summed E-state index contributed by atoms with van der Waals surface area (Å²) in [6.07, 6.45) is 0. The molecule has 0 spiro atoms. The van der Waals surface area contributed by atoms with Crippen LogP contribution >= 0.6 is 0 Å². The Morgan fingerprint density at radius 3 is 1.96 bits per heavy atom. The van der Waals surface area contributed by atoms with Crippen LogP contribution in [0.2, 0.25) is 0 Å². The van der Waals surface area contributed by atoms with Gasteiger partial charge in [-0.3, -0.25) is 4.79 Å². The Kier molecular flexibility index (Phi) is 5.95. The minimum Gasteiger partial charge on any atom is -0.368 e. The second kappa shape index (κ2) is 8.24. The molecule has 2 aromatic carbocycles.